The number of anilines is 1. The van der Waals surface area contributed by atoms with Gasteiger partial charge < -0.3 is 10.3 Å². The predicted octanol–water partition coefficient (Wildman–Crippen LogP) is 3.86. The molecule has 0 bridgehead atoms. The predicted molar refractivity (Wildman–Crippen MR) is 101 cm³/mol. The highest BCUT2D eigenvalue weighted by molar-refractivity contribution is 5.91. The van der Waals surface area contributed by atoms with E-state index in [4.69, 9.17) is 10.7 Å². The summed E-state index contributed by atoms with van der Waals surface area (Å²) < 4.78 is 1.82. The standard InChI is InChI=1S/C21H17N3O/c22-16-6-3-5-14-10-11-24(21(25)20(14)16)19-12-15(19)18-9-8-13-4-1-2-7-17(13)23-18/h1-11,15,19H,12,22H2. The third kappa shape index (κ3) is 2.22. The van der Waals surface area contributed by atoms with Crippen LogP contribution in [0.5, 0.6) is 0 Å². The van der Waals surface area contributed by atoms with E-state index in [1.165, 1.54) is 0 Å². The lowest BCUT2D eigenvalue weighted by molar-refractivity contribution is 0.688. The van der Waals surface area contributed by atoms with Gasteiger partial charge in [-0.1, -0.05) is 36.4 Å². The molecular weight excluding hydrogens is 310 g/mol. The number of hydrogen-bond acceptors (Lipinski definition) is 3. The van der Waals surface area contributed by atoms with Crippen LogP contribution in [0.1, 0.15) is 24.1 Å². The third-order valence-electron chi connectivity index (χ3n) is 5.11. The molecule has 4 nitrogen and oxygen atoms in total. The van der Waals surface area contributed by atoms with Gasteiger partial charge in [0.2, 0.25) is 0 Å². The molecule has 2 heterocycles. The molecule has 0 amide bonds. The SMILES string of the molecule is Nc1cccc2ccn(C3CC3c3ccc4ccccc4n3)c(=O)c12. The lowest BCUT2D eigenvalue weighted by Gasteiger charge is -2.09. The number of benzene rings is 2. The van der Waals surface area contributed by atoms with Gasteiger partial charge in [0.25, 0.3) is 5.56 Å². The minimum Gasteiger partial charge on any atom is -0.398 e. The minimum atomic E-state index is -0.0103. The van der Waals surface area contributed by atoms with E-state index in [1.807, 2.05) is 47.2 Å². The van der Waals surface area contributed by atoms with Gasteiger partial charge in [0.15, 0.2) is 0 Å². The van der Waals surface area contributed by atoms with E-state index in [0.29, 0.717) is 11.1 Å². The lowest BCUT2D eigenvalue weighted by Crippen LogP contribution is -2.20. The van der Waals surface area contributed by atoms with Crippen molar-refractivity contribution in [2.45, 2.75) is 18.4 Å². The zero-order valence-electron chi connectivity index (χ0n) is 13.6. The maximum atomic E-state index is 12.9. The molecule has 1 fully saturated rings. The van der Waals surface area contributed by atoms with Crippen molar-refractivity contribution >= 4 is 27.4 Å². The molecule has 25 heavy (non-hydrogen) atoms. The molecule has 2 N–H and O–H groups in total. The summed E-state index contributed by atoms with van der Waals surface area (Å²) in [5.41, 5.74) is 8.61. The fourth-order valence-electron chi connectivity index (χ4n) is 3.69. The molecule has 1 aliphatic carbocycles. The molecule has 2 unspecified atom stereocenters. The Morgan fingerprint density at radius 3 is 2.72 bits per heavy atom. The average molecular weight is 327 g/mol. The second kappa shape index (κ2) is 5.18. The van der Waals surface area contributed by atoms with Crippen LogP contribution in [0.3, 0.4) is 0 Å². The van der Waals surface area contributed by atoms with E-state index in [-0.39, 0.29) is 17.5 Å². The molecule has 1 saturated carbocycles. The van der Waals surface area contributed by atoms with Crippen molar-refractivity contribution in [2.24, 2.45) is 0 Å². The van der Waals surface area contributed by atoms with E-state index in [0.717, 1.165) is 28.4 Å². The highest BCUT2D eigenvalue weighted by atomic mass is 16.1. The second-order valence-electron chi connectivity index (χ2n) is 6.68. The number of nitrogen functional groups attached to an aromatic ring is 1. The molecule has 0 radical (unpaired) electrons. The van der Waals surface area contributed by atoms with Gasteiger partial charge >= 0.3 is 0 Å². The van der Waals surface area contributed by atoms with Crippen LogP contribution in [0, 0.1) is 0 Å². The number of hydrogen-bond donors (Lipinski definition) is 1. The van der Waals surface area contributed by atoms with Crippen LogP contribution >= 0.6 is 0 Å². The number of fused-ring (bicyclic) bond motifs is 2. The highest BCUT2D eigenvalue weighted by Gasteiger charge is 2.41. The number of nitrogens with two attached hydrogens (primary N) is 1. The Balaban J connectivity index is 1.55. The first-order valence-electron chi connectivity index (χ1n) is 8.47. The molecule has 122 valence electrons. The summed E-state index contributed by atoms with van der Waals surface area (Å²) >= 11 is 0. The first kappa shape index (κ1) is 14.2. The molecule has 2 aromatic heterocycles. The Morgan fingerprint density at radius 1 is 0.960 bits per heavy atom. The van der Waals surface area contributed by atoms with Crippen molar-refractivity contribution < 1.29 is 0 Å². The largest absolute Gasteiger partial charge is 0.398 e. The summed E-state index contributed by atoms with van der Waals surface area (Å²) in [6.07, 6.45) is 2.82. The maximum absolute atomic E-state index is 12.9. The number of nitrogens with zero attached hydrogens (tertiary/aromatic N) is 2. The molecule has 2 atom stereocenters. The average Bonchev–Trinajstić information content (AvgIpc) is 3.42. The van der Waals surface area contributed by atoms with Crippen LogP contribution in [0.15, 0.2) is 71.7 Å². The van der Waals surface area contributed by atoms with Crippen LogP contribution in [0.4, 0.5) is 5.69 Å². The molecule has 5 rings (SSSR count). The third-order valence-corrected chi connectivity index (χ3v) is 5.11. The molecular formula is C21H17N3O. The van der Waals surface area contributed by atoms with E-state index in [9.17, 15) is 4.79 Å². The van der Waals surface area contributed by atoms with Crippen molar-refractivity contribution in [3.8, 4) is 0 Å². The fourth-order valence-corrected chi connectivity index (χ4v) is 3.69. The normalized spacial score (nSPS) is 19.4. The highest BCUT2D eigenvalue weighted by Crippen LogP contribution is 2.50. The minimum absolute atomic E-state index is 0.0103. The summed E-state index contributed by atoms with van der Waals surface area (Å²) in [5.74, 6) is 0.282. The van der Waals surface area contributed by atoms with Crippen LogP contribution in [-0.4, -0.2) is 9.55 Å². The second-order valence-corrected chi connectivity index (χ2v) is 6.68. The number of rotatable bonds is 2. The molecule has 4 heteroatoms. The van der Waals surface area contributed by atoms with Crippen LogP contribution in [-0.2, 0) is 0 Å². The molecule has 0 aliphatic heterocycles. The number of pyridine rings is 2. The summed E-state index contributed by atoms with van der Waals surface area (Å²) in [4.78, 5) is 17.7. The molecule has 1 aliphatic rings. The summed E-state index contributed by atoms with van der Waals surface area (Å²) in [7, 11) is 0. The van der Waals surface area contributed by atoms with Crippen molar-refractivity contribution in [3.63, 3.8) is 0 Å². The smallest absolute Gasteiger partial charge is 0.260 e. The van der Waals surface area contributed by atoms with Gasteiger partial charge in [-0.05, 0) is 36.1 Å². The quantitative estimate of drug-likeness (QED) is 0.569. The first-order chi connectivity index (χ1) is 12.2. The Labute approximate surface area is 144 Å². The van der Waals surface area contributed by atoms with Gasteiger partial charge in [0.05, 0.1) is 10.9 Å². The van der Waals surface area contributed by atoms with Gasteiger partial charge in [0.1, 0.15) is 0 Å². The Morgan fingerprint density at radius 2 is 1.80 bits per heavy atom. The zero-order valence-corrected chi connectivity index (χ0v) is 13.6. The van der Waals surface area contributed by atoms with Crippen molar-refractivity contribution in [1.82, 2.24) is 9.55 Å². The monoisotopic (exact) mass is 327 g/mol. The van der Waals surface area contributed by atoms with Crippen LogP contribution in [0.2, 0.25) is 0 Å². The van der Waals surface area contributed by atoms with Gasteiger partial charge in [-0.2, -0.15) is 0 Å². The molecule has 0 spiro atoms. The Hall–Kier alpha value is -3.14. The summed E-state index contributed by atoms with van der Waals surface area (Å²) in [6.45, 7) is 0. The van der Waals surface area contributed by atoms with E-state index in [1.54, 1.807) is 6.07 Å². The van der Waals surface area contributed by atoms with Gasteiger partial charge in [0, 0.05) is 34.9 Å². The van der Waals surface area contributed by atoms with Gasteiger partial charge in [-0.25, -0.2) is 0 Å². The van der Waals surface area contributed by atoms with Crippen molar-refractivity contribution in [3.05, 3.63) is 82.9 Å². The van der Waals surface area contributed by atoms with Crippen molar-refractivity contribution in [1.29, 1.82) is 0 Å². The molecule has 0 saturated heterocycles. The fraction of sp³-hybridized carbons (Fsp3) is 0.143. The van der Waals surface area contributed by atoms with Crippen molar-refractivity contribution in [2.75, 3.05) is 5.73 Å². The molecule has 4 aromatic rings. The topological polar surface area (TPSA) is 60.9 Å². The zero-order chi connectivity index (χ0) is 17.0. The van der Waals surface area contributed by atoms with E-state index in [2.05, 4.69) is 18.2 Å². The first-order valence-corrected chi connectivity index (χ1v) is 8.47. The van der Waals surface area contributed by atoms with E-state index >= 15 is 0 Å². The number of aromatic nitrogens is 2. The molecule has 2 aromatic carbocycles. The van der Waals surface area contributed by atoms with Gasteiger partial charge in [-0.3, -0.25) is 9.78 Å². The maximum Gasteiger partial charge on any atom is 0.260 e. The summed E-state index contributed by atoms with van der Waals surface area (Å²) in [5, 5.41) is 2.64. The Kier molecular flexibility index (Phi) is 2.95. The van der Waals surface area contributed by atoms with Crippen LogP contribution < -0.4 is 11.3 Å². The van der Waals surface area contributed by atoms with E-state index < -0.39 is 0 Å². The Bertz CT molecular complexity index is 1180. The van der Waals surface area contributed by atoms with Crippen LogP contribution in [0.25, 0.3) is 21.7 Å². The van der Waals surface area contributed by atoms with Gasteiger partial charge in [-0.15, -0.1) is 0 Å². The lowest BCUT2D eigenvalue weighted by atomic mass is 10.1. The summed E-state index contributed by atoms with van der Waals surface area (Å²) in [6, 6.07) is 20.0. The number of para-hydroxylation sites is 1.